The van der Waals surface area contributed by atoms with Gasteiger partial charge in [0.25, 0.3) is 0 Å². The Bertz CT molecular complexity index is 577. The van der Waals surface area contributed by atoms with E-state index in [9.17, 15) is 0 Å². The molecule has 0 spiro atoms. The van der Waals surface area contributed by atoms with Crippen LogP contribution in [0.3, 0.4) is 0 Å². The highest BCUT2D eigenvalue weighted by Crippen LogP contribution is 2.22. The van der Waals surface area contributed by atoms with Crippen LogP contribution in [0.25, 0.3) is 0 Å². The molecule has 0 saturated carbocycles. The Labute approximate surface area is 130 Å². The molecule has 5 heteroatoms. The molecule has 21 heavy (non-hydrogen) atoms. The molecule has 4 nitrogen and oxygen atoms in total. The summed E-state index contributed by atoms with van der Waals surface area (Å²) in [7, 11) is 0. The summed E-state index contributed by atoms with van der Waals surface area (Å²) in [5.74, 6) is 1.81. The molecule has 1 saturated heterocycles. The second kappa shape index (κ2) is 6.76. The number of nitrogens with zero attached hydrogens (tertiary/aromatic N) is 3. The third kappa shape index (κ3) is 3.85. The van der Waals surface area contributed by atoms with E-state index in [1.54, 1.807) is 6.33 Å². The largest absolute Gasteiger partial charge is 0.356 e. The van der Waals surface area contributed by atoms with Gasteiger partial charge >= 0.3 is 0 Å². The van der Waals surface area contributed by atoms with Gasteiger partial charge < -0.3 is 10.2 Å². The lowest BCUT2D eigenvalue weighted by Crippen LogP contribution is -2.24. The van der Waals surface area contributed by atoms with Crippen LogP contribution in [-0.4, -0.2) is 23.1 Å². The Kier molecular flexibility index (Phi) is 4.55. The fourth-order valence-corrected chi connectivity index (χ4v) is 2.70. The molecule has 0 radical (unpaired) electrons. The van der Waals surface area contributed by atoms with Crippen molar-refractivity contribution in [1.82, 2.24) is 9.97 Å². The van der Waals surface area contributed by atoms with Crippen molar-refractivity contribution in [1.29, 1.82) is 0 Å². The highest BCUT2D eigenvalue weighted by Gasteiger charge is 2.11. The Balaban J connectivity index is 1.74. The van der Waals surface area contributed by atoms with Crippen molar-refractivity contribution in [3.05, 3.63) is 41.7 Å². The van der Waals surface area contributed by atoms with E-state index in [0.717, 1.165) is 35.4 Å². The molecule has 1 fully saturated rings. The molecule has 110 valence electrons. The average Bonchev–Trinajstić information content (AvgIpc) is 2.79. The van der Waals surface area contributed by atoms with Crippen LogP contribution >= 0.6 is 11.6 Å². The fraction of sp³-hybridized carbons (Fsp3) is 0.375. The van der Waals surface area contributed by atoms with Gasteiger partial charge in [-0.2, -0.15) is 0 Å². The summed E-state index contributed by atoms with van der Waals surface area (Å²) in [6, 6.07) is 9.62. The first-order chi connectivity index (χ1) is 10.3. The Morgan fingerprint density at radius 1 is 0.952 bits per heavy atom. The highest BCUT2D eigenvalue weighted by atomic mass is 35.5. The molecule has 2 heterocycles. The maximum Gasteiger partial charge on any atom is 0.135 e. The number of aromatic nitrogens is 2. The van der Waals surface area contributed by atoms with Crippen LogP contribution in [0.1, 0.15) is 25.7 Å². The second-order valence-corrected chi connectivity index (χ2v) is 5.73. The zero-order valence-electron chi connectivity index (χ0n) is 11.9. The van der Waals surface area contributed by atoms with Crippen LogP contribution < -0.4 is 10.2 Å². The topological polar surface area (TPSA) is 41.0 Å². The predicted octanol–water partition coefficient (Wildman–Crippen LogP) is 4.25. The van der Waals surface area contributed by atoms with Gasteiger partial charge in [-0.3, -0.25) is 0 Å². The third-order valence-electron chi connectivity index (χ3n) is 3.70. The van der Waals surface area contributed by atoms with Gasteiger partial charge in [0.1, 0.15) is 18.0 Å². The average molecular weight is 303 g/mol. The molecule has 1 aliphatic heterocycles. The molecule has 0 atom stereocenters. The molecule has 0 bridgehead atoms. The monoisotopic (exact) mass is 302 g/mol. The fourth-order valence-electron chi connectivity index (χ4n) is 2.57. The van der Waals surface area contributed by atoms with Gasteiger partial charge in [-0.1, -0.05) is 24.4 Å². The maximum atomic E-state index is 5.90. The number of hydrogen-bond acceptors (Lipinski definition) is 4. The zero-order chi connectivity index (χ0) is 14.5. The van der Waals surface area contributed by atoms with E-state index in [1.165, 1.54) is 25.7 Å². The number of halogens is 1. The molecule has 0 unspecified atom stereocenters. The molecule has 0 amide bonds. The van der Waals surface area contributed by atoms with Crippen LogP contribution in [0, 0.1) is 0 Å². The molecule has 3 rings (SSSR count). The van der Waals surface area contributed by atoms with E-state index in [2.05, 4.69) is 20.2 Å². The molecule has 1 aliphatic rings. The summed E-state index contributed by atoms with van der Waals surface area (Å²) in [5.41, 5.74) is 0.972. The molecular weight excluding hydrogens is 284 g/mol. The summed E-state index contributed by atoms with van der Waals surface area (Å²) in [6.45, 7) is 2.16. The minimum atomic E-state index is 0.730. The van der Waals surface area contributed by atoms with Gasteiger partial charge in [0, 0.05) is 29.9 Å². The second-order valence-electron chi connectivity index (χ2n) is 5.29. The number of nitrogens with one attached hydrogen (secondary N) is 1. The van der Waals surface area contributed by atoms with Crippen molar-refractivity contribution in [2.75, 3.05) is 23.3 Å². The van der Waals surface area contributed by atoms with Crippen LogP contribution in [0.15, 0.2) is 36.7 Å². The summed E-state index contributed by atoms with van der Waals surface area (Å²) in [6.07, 6.45) is 6.74. The smallest absolute Gasteiger partial charge is 0.135 e. The highest BCUT2D eigenvalue weighted by molar-refractivity contribution is 6.30. The van der Waals surface area contributed by atoms with Gasteiger partial charge in [0.15, 0.2) is 0 Å². The summed E-state index contributed by atoms with van der Waals surface area (Å²) >= 11 is 5.90. The van der Waals surface area contributed by atoms with Gasteiger partial charge in [-0.15, -0.1) is 0 Å². The lowest BCUT2D eigenvalue weighted by atomic mass is 10.2. The normalized spacial score (nSPS) is 15.6. The van der Waals surface area contributed by atoms with Gasteiger partial charge in [0.05, 0.1) is 0 Å². The standard InChI is InChI=1S/C16H19ClN4/c17-13-5-7-14(8-6-13)20-15-11-16(19-12-18-15)21-9-3-1-2-4-10-21/h5-8,11-12H,1-4,9-10H2,(H,18,19,20). The number of hydrogen-bond donors (Lipinski definition) is 1. The molecule has 0 aliphatic carbocycles. The Morgan fingerprint density at radius 2 is 1.67 bits per heavy atom. The minimum absolute atomic E-state index is 0.730. The van der Waals surface area contributed by atoms with Crippen molar-refractivity contribution in [3.8, 4) is 0 Å². The summed E-state index contributed by atoms with van der Waals surface area (Å²) in [5, 5.41) is 4.02. The first-order valence-electron chi connectivity index (χ1n) is 7.41. The summed E-state index contributed by atoms with van der Waals surface area (Å²) in [4.78, 5) is 11.1. The minimum Gasteiger partial charge on any atom is -0.356 e. The number of rotatable bonds is 3. The molecule has 1 aromatic carbocycles. The lowest BCUT2D eigenvalue weighted by molar-refractivity contribution is 0.726. The van der Waals surface area contributed by atoms with Gasteiger partial charge in [-0.25, -0.2) is 9.97 Å². The van der Waals surface area contributed by atoms with E-state index in [0.29, 0.717) is 0 Å². The SMILES string of the molecule is Clc1ccc(Nc2cc(N3CCCCCC3)ncn2)cc1. The van der Waals surface area contributed by atoms with Crippen LogP contribution in [0.5, 0.6) is 0 Å². The number of benzene rings is 1. The van der Waals surface area contributed by atoms with E-state index in [1.807, 2.05) is 30.3 Å². The first-order valence-corrected chi connectivity index (χ1v) is 7.79. The van der Waals surface area contributed by atoms with Crippen molar-refractivity contribution in [3.63, 3.8) is 0 Å². The molecule has 1 aromatic heterocycles. The zero-order valence-corrected chi connectivity index (χ0v) is 12.7. The van der Waals surface area contributed by atoms with Crippen molar-refractivity contribution in [2.24, 2.45) is 0 Å². The van der Waals surface area contributed by atoms with E-state index >= 15 is 0 Å². The van der Waals surface area contributed by atoms with Crippen LogP contribution in [-0.2, 0) is 0 Å². The number of anilines is 3. The molecule has 1 N–H and O–H groups in total. The summed E-state index contributed by atoms with van der Waals surface area (Å²) < 4.78 is 0. The van der Waals surface area contributed by atoms with Crippen molar-refractivity contribution in [2.45, 2.75) is 25.7 Å². The predicted molar refractivity (Wildman–Crippen MR) is 87.4 cm³/mol. The first kappa shape index (κ1) is 14.1. The lowest BCUT2D eigenvalue weighted by Gasteiger charge is -2.21. The van der Waals surface area contributed by atoms with E-state index < -0.39 is 0 Å². The molecular formula is C16H19ClN4. The van der Waals surface area contributed by atoms with Crippen molar-refractivity contribution >= 4 is 28.9 Å². The Morgan fingerprint density at radius 3 is 2.38 bits per heavy atom. The molecule has 2 aromatic rings. The van der Waals surface area contributed by atoms with Gasteiger partial charge in [0.2, 0.25) is 0 Å². The Hall–Kier alpha value is -1.81. The maximum absolute atomic E-state index is 5.90. The van der Waals surface area contributed by atoms with Crippen LogP contribution in [0.2, 0.25) is 5.02 Å². The van der Waals surface area contributed by atoms with Crippen LogP contribution in [0.4, 0.5) is 17.3 Å². The third-order valence-corrected chi connectivity index (χ3v) is 3.95. The van der Waals surface area contributed by atoms with Crippen molar-refractivity contribution < 1.29 is 0 Å². The van der Waals surface area contributed by atoms with Gasteiger partial charge in [-0.05, 0) is 37.1 Å². The van der Waals surface area contributed by atoms with E-state index in [-0.39, 0.29) is 0 Å². The quantitative estimate of drug-likeness (QED) is 0.920. The van der Waals surface area contributed by atoms with E-state index in [4.69, 9.17) is 11.6 Å².